The summed E-state index contributed by atoms with van der Waals surface area (Å²) in [6, 6.07) is 7.58. The molecule has 3 aromatic rings. The Morgan fingerprint density at radius 3 is 2.34 bits per heavy atom. The number of hydrogen-bond acceptors (Lipinski definition) is 10. The van der Waals surface area contributed by atoms with Crippen molar-refractivity contribution >= 4 is 18.0 Å². The van der Waals surface area contributed by atoms with E-state index in [4.69, 9.17) is 14.0 Å². The Morgan fingerprint density at radius 2 is 1.71 bits per heavy atom. The zero-order chi connectivity index (χ0) is 27.9. The third kappa shape index (κ3) is 7.58. The maximum absolute atomic E-state index is 13.2. The second-order valence-corrected chi connectivity index (χ2v) is 9.82. The van der Waals surface area contributed by atoms with Crippen molar-refractivity contribution in [1.82, 2.24) is 30.7 Å². The van der Waals surface area contributed by atoms with Crippen LogP contribution in [0.25, 0.3) is 11.5 Å². The topological polar surface area (TPSA) is 158 Å². The van der Waals surface area contributed by atoms with Gasteiger partial charge in [-0.05, 0) is 32.3 Å². The summed E-state index contributed by atoms with van der Waals surface area (Å²) < 4.78 is 15.6. The van der Waals surface area contributed by atoms with E-state index in [1.54, 1.807) is 20.8 Å². The van der Waals surface area contributed by atoms with E-state index in [1.165, 1.54) is 19.5 Å². The van der Waals surface area contributed by atoms with Gasteiger partial charge in [-0.1, -0.05) is 49.3 Å². The van der Waals surface area contributed by atoms with Crippen LogP contribution in [0.3, 0.4) is 0 Å². The molecule has 0 aliphatic heterocycles. The maximum atomic E-state index is 13.2. The number of amides is 2. The fourth-order valence-electron chi connectivity index (χ4n) is 3.49. The van der Waals surface area contributed by atoms with Crippen molar-refractivity contribution in [1.29, 1.82) is 0 Å². The Hall–Kier alpha value is -4.35. The lowest BCUT2D eigenvalue weighted by molar-refractivity contribution is -0.142. The molecule has 0 spiro atoms. The van der Waals surface area contributed by atoms with Crippen LogP contribution in [0.15, 0.2) is 47.2 Å². The van der Waals surface area contributed by atoms with Gasteiger partial charge in [-0.25, -0.2) is 19.6 Å². The van der Waals surface area contributed by atoms with Crippen LogP contribution in [0.2, 0.25) is 0 Å². The summed E-state index contributed by atoms with van der Waals surface area (Å²) >= 11 is 0. The number of hydrogen-bond donors (Lipinski definition) is 2. The van der Waals surface area contributed by atoms with E-state index in [2.05, 4.69) is 30.7 Å². The third-order valence-electron chi connectivity index (χ3n) is 5.25. The first-order valence-electron chi connectivity index (χ1n) is 12.1. The van der Waals surface area contributed by atoms with Gasteiger partial charge in [0, 0.05) is 18.8 Å². The number of carbonyl (C=O) groups excluding carboxylic acids is 3. The van der Waals surface area contributed by atoms with Gasteiger partial charge in [-0.15, -0.1) is 0 Å². The monoisotopic (exact) mass is 524 g/mol. The van der Waals surface area contributed by atoms with Gasteiger partial charge in [0.15, 0.2) is 5.69 Å². The molecule has 0 radical (unpaired) electrons. The second-order valence-electron chi connectivity index (χ2n) is 9.82. The van der Waals surface area contributed by atoms with Gasteiger partial charge in [-0.3, -0.25) is 4.79 Å². The fourth-order valence-corrected chi connectivity index (χ4v) is 3.49. The van der Waals surface area contributed by atoms with E-state index in [0.717, 1.165) is 5.56 Å². The number of methoxy groups -OCH3 is 1. The smallest absolute Gasteiger partial charge is 0.408 e. The summed E-state index contributed by atoms with van der Waals surface area (Å²) in [4.78, 5) is 50.7. The molecule has 202 valence electrons. The average Bonchev–Trinajstić information content (AvgIpc) is 3.35. The molecule has 0 saturated heterocycles. The molecule has 0 fully saturated rings. The molecule has 0 aliphatic rings. The quantitative estimate of drug-likeness (QED) is 0.398. The maximum Gasteiger partial charge on any atom is 0.408 e. The number of nitrogens with one attached hydrogen (secondary N) is 2. The van der Waals surface area contributed by atoms with Crippen molar-refractivity contribution < 1.29 is 28.4 Å². The summed E-state index contributed by atoms with van der Waals surface area (Å²) in [5.74, 6) is -1.30. The van der Waals surface area contributed by atoms with Crippen molar-refractivity contribution in [3.8, 4) is 11.5 Å². The summed E-state index contributed by atoms with van der Waals surface area (Å²) in [6.07, 6.45) is 2.30. The molecule has 0 aliphatic carbocycles. The lowest BCUT2D eigenvalue weighted by Crippen LogP contribution is -2.43. The van der Waals surface area contributed by atoms with E-state index in [1.807, 2.05) is 44.2 Å². The van der Waals surface area contributed by atoms with E-state index >= 15 is 0 Å². The van der Waals surface area contributed by atoms with Crippen molar-refractivity contribution in [2.45, 2.75) is 58.7 Å². The number of aromatic nitrogens is 4. The molecule has 12 nitrogen and oxygen atoms in total. The molecule has 2 N–H and O–H groups in total. The normalized spacial score (nSPS) is 12.9. The van der Waals surface area contributed by atoms with Gasteiger partial charge in [0.25, 0.3) is 5.91 Å². The van der Waals surface area contributed by atoms with Crippen LogP contribution in [-0.2, 0) is 20.7 Å². The van der Waals surface area contributed by atoms with Crippen molar-refractivity contribution in [3.05, 3.63) is 59.9 Å². The number of esters is 1. The van der Waals surface area contributed by atoms with Crippen molar-refractivity contribution in [3.63, 3.8) is 0 Å². The molecular formula is C26H32N6O6. The van der Waals surface area contributed by atoms with E-state index in [9.17, 15) is 14.4 Å². The molecule has 3 rings (SSSR count). The SMILES string of the molecule is COC(=O)[C@H](Cc1ccccc1)NC(=O)c1nccnc1-c1noc([C@@H](NC(=O)OC(C)(C)C)C(C)C)n1. The highest BCUT2D eigenvalue weighted by Gasteiger charge is 2.30. The largest absolute Gasteiger partial charge is 0.467 e. The van der Waals surface area contributed by atoms with Gasteiger partial charge in [0.05, 0.1) is 7.11 Å². The predicted octanol–water partition coefficient (Wildman–Crippen LogP) is 3.26. The van der Waals surface area contributed by atoms with E-state index < -0.39 is 35.7 Å². The molecule has 2 amide bonds. The van der Waals surface area contributed by atoms with Crippen molar-refractivity contribution in [2.24, 2.45) is 5.92 Å². The molecule has 0 unspecified atom stereocenters. The Kier molecular flexibility index (Phi) is 9.11. The molecule has 0 saturated carbocycles. The number of benzene rings is 1. The number of ether oxygens (including phenoxy) is 2. The first-order valence-corrected chi connectivity index (χ1v) is 12.1. The minimum Gasteiger partial charge on any atom is -0.467 e. The highest BCUT2D eigenvalue weighted by Crippen LogP contribution is 2.24. The second kappa shape index (κ2) is 12.3. The van der Waals surface area contributed by atoms with Crippen LogP contribution in [0.4, 0.5) is 4.79 Å². The van der Waals surface area contributed by atoms with E-state index in [-0.39, 0.29) is 35.4 Å². The molecule has 0 bridgehead atoms. The summed E-state index contributed by atoms with van der Waals surface area (Å²) in [7, 11) is 1.25. The van der Waals surface area contributed by atoms with Gasteiger partial charge < -0.3 is 24.6 Å². The standard InChI is InChI=1S/C26H32N6O6/c1-15(2)18(30-25(35)37-26(3,4)5)23-31-21(32-38-23)19-20(28-13-12-27-19)22(33)29-17(24(34)36-6)14-16-10-8-7-9-11-16/h7-13,15,17-18H,14H2,1-6H3,(H,29,33)(H,30,35)/t17-,18-/m0/s1. The molecule has 2 heterocycles. The minimum atomic E-state index is -0.964. The van der Waals surface area contributed by atoms with Crippen LogP contribution >= 0.6 is 0 Å². The Labute approximate surface area is 220 Å². The first-order chi connectivity index (χ1) is 18.0. The number of alkyl carbamates (subject to hydrolysis) is 1. The number of carbonyl (C=O) groups is 3. The molecule has 2 aromatic heterocycles. The lowest BCUT2D eigenvalue weighted by atomic mass is 10.0. The van der Waals surface area contributed by atoms with Gasteiger partial charge in [0.1, 0.15) is 23.4 Å². The zero-order valence-corrected chi connectivity index (χ0v) is 22.2. The molecule has 2 atom stereocenters. The molecule has 38 heavy (non-hydrogen) atoms. The zero-order valence-electron chi connectivity index (χ0n) is 22.2. The fraction of sp³-hybridized carbons (Fsp3) is 0.423. The molecular weight excluding hydrogens is 492 g/mol. The first kappa shape index (κ1) is 28.2. The predicted molar refractivity (Wildman–Crippen MR) is 136 cm³/mol. The lowest BCUT2D eigenvalue weighted by Gasteiger charge is -2.23. The van der Waals surface area contributed by atoms with Crippen LogP contribution < -0.4 is 10.6 Å². The average molecular weight is 525 g/mol. The number of nitrogens with zero attached hydrogens (tertiary/aromatic N) is 4. The van der Waals surface area contributed by atoms with Crippen LogP contribution in [0.1, 0.15) is 62.6 Å². The third-order valence-corrected chi connectivity index (χ3v) is 5.25. The van der Waals surface area contributed by atoms with Crippen LogP contribution in [0.5, 0.6) is 0 Å². The minimum absolute atomic E-state index is 0.00688. The van der Waals surface area contributed by atoms with Gasteiger partial charge in [-0.2, -0.15) is 4.98 Å². The highest BCUT2D eigenvalue weighted by molar-refractivity contribution is 5.99. The Morgan fingerprint density at radius 1 is 1.03 bits per heavy atom. The van der Waals surface area contributed by atoms with Gasteiger partial charge >= 0.3 is 12.1 Å². The Bertz CT molecular complexity index is 1250. The van der Waals surface area contributed by atoms with Crippen LogP contribution in [-0.4, -0.2) is 56.8 Å². The molecule has 1 aromatic carbocycles. The van der Waals surface area contributed by atoms with Crippen LogP contribution in [0, 0.1) is 5.92 Å². The summed E-state index contributed by atoms with van der Waals surface area (Å²) in [5, 5.41) is 9.36. The Balaban J connectivity index is 1.84. The molecule has 12 heteroatoms. The van der Waals surface area contributed by atoms with Crippen molar-refractivity contribution in [2.75, 3.05) is 7.11 Å². The summed E-state index contributed by atoms with van der Waals surface area (Å²) in [6.45, 7) is 9.01. The highest BCUT2D eigenvalue weighted by atomic mass is 16.6. The van der Waals surface area contributed by atoms with E-state index in [0.29, 0.717) is 0 Å². The number of rotatable bonds is 9. The summed E-state index contributed by atoms with van der Waals surface area (Å²) in [5.41, 5.74) is 0.0875. The van der Waals surface area contributed by atoms with Gasteiger partial charge in [0.2, 0.25) is 11.7 Å².